The Labute approximate surface area is 153 Å². The normalized spacial score (nSPS) is 14.7. The van der Waals surface area contributed by atoms with Gasteiger partial charge >= 0.3 is 0 Å². The van der Waals surface area contributed by atoms with Gasteiger partial charge in [-0.25, -0.2) is 4.98 Å². The number of thioether (sulfide) groups is 1. The molecule has 0 saturated carbocycles. The van der Waals surface area contributed by atoms with Crippen LogP contribution in [0.2, 0.25) is 0 Å². The van der Waals surface area contributed by atoms with Crippen LogP contribution in [0.4, 0.5) is 0 Å². The van der Waals surface area contributed by atoms with Crippen molar-refractivity contribution in [3.63, 3.8) is 0 Å². The van der Waals surface area contributed by atoms with E-state index in [1.54, 1.807) is 7.11 Å². The number of piperidine rings is 1. The molecule has 0 atom stereocenters. The average Bonchev–Trinajstić information content (AvgIpc) is 3.08. The summed E-state index contributed by atoms with van der Waals surface area (Å²) < 4.78 is 7.39. The van der Waals surface area contributed by atoms with Crippen molar-refractivity contribution in [2.24, 2.45) is 0 Å². The van der Waals surface area contributed by atoms with Gasteiger partial charge in [-0.3, -0.25) is 4.79 Å². The third-order valence-corrected chi connectivity index (χ3v) is 5.42. The molecule has 25 heavy (non-hydrogen) atoms. The molecule has 3 rings (SSSR count). The van der Waals surface area contributed by atoms with E-state index in [-0.39, 0.29) is 5.91 Å². The van der Waals surface area contributed by atoms with Crippen molar-refractivity contribution in [3.8, 4) is 11.3 Å². The molecular weight excluding hydrogens is 334 g/mol. The third kappa shape index (κ3) is 4.64. The standard InChI is InChI=1S/C19H25N3O2S/c1-24-13-12-22-17(16-8-4-2-5-9-16)14-20-19(22)25-15-18(23)21-10-6-3-7-11-21/h2,4-5,8-9,14H,3,6-7,10-13,15H2,1H3. The number of carbonyl (C=O) groups is 1. The molecule has 1 saturated heterocycles. The Morgan fingerprint density at radius 1 is 1.20 bits per heavy atom. The molecule has 0 spiro atoms. The maximum Gasteiger partial charge on any atom is 0.233 e. The second kappa shape index (κ2) is 9.06. The predicted molar refractivity (Wildman–Crippen MR) is 101 cm³/mol. The Hall–Kier alpha value is -1.79. The molecule has 1 aliphatic heterocycles. The van der Waals surface area contributed by atoms with Gasteiger partial charge in [0.2, 0.25) is 5.91 Å². The van der Waals surface area contributed by atoms with Crippen molar-refractivity contribution in [2.45, 2.75) is 31.0 Å². The topological polar surface area (TPSA) is 47.4 Å². The minimum absolute atomic E-state index is 0.215. The van der Waals surface area contributed by atoms with E-state index in [1.165, 1.54) is 18.2 Å². The number of rotatable bonds is 7. The number of ether oxygens (including phenoxy) is 1. The van der Waals surface area contributed by atoms with Gasteiger partial charge in [-0.15, -0.1) is 0 Å². The number of amides is 1. The smallest absolute Gasteiger partial charge is 0.233 e. The summed E-state index contributed by atoms with van der Waals surface area (Å²) in [4.78, 5) is 19.0. The second-order valence-electron chi connectivity index (χ2n) is 6.17. The SMILES string of the molecule is COCCn1c(-c2ccccc2)cnc1SCC(=O)N1CCCCC1. The van der Waals surface area contributed by atoms with E-state index in [2.05, 4.69) is 21.7 Å². The highest BCUT2D eigenvalue weighted by molar-refractivity contribution is 7.99. The molecule has 1 aromatic carbocycles. The molecule has 2 aromatic rings. The summed E-state index contributed by atoms with van der Waals surface area (Å²) in [6, 6.07) is 10.2. The van der Waals surface area contributed by atoms with E-state index in [9.17, 15) is 4.79 Å². The summed E-state index contributed by atoms with van der Waals surface area (Å²) in [5.74, 6) is 0.658. The first-order valence-corrected chi connectivity index (χ1v) is 9.78. The molecule has 134 valence electrons. The van der Waals surface area contributed by atoms with E-state index in [0.29, 0.717) is 12.4 Å². The minimum Gasteiger partial charge on any atom is -0.383 e. The van der Waals surface area contributed by atoms with Gasteiger partial charge in [0.1, 0.15) is 0 Å². The Balaban J connectivity index is 1.71. The van der Waals surface area contributed by atoms with Crippen LogP contribution in [0.3, 0.4) is 0 Å². The van der Waals surface area contributed by atoms with Gasteiger partial charge in [0.25, 0.3) is 0 Å². The highest BCUT2D eigenvalue weighted by Crippen LogP contribution is 2.26. The molecule has 6 heteroatoms. The molecule has 1 amide bonds. The Bertz CT molecular complexity index is 681. The summed E-state index contributed by atoms with van der Waals surface area (Å²) in [6.45, 7) is 3.13. The lowest BCUT2D eigenvalue weighted by Gasteiger charge is -2.26. The lowest BCUT2D eigenvalue weighted by molar-refractivity contribution is -0.129. The van der Waals surface area contributed by atoms with Crippen LogP contribution in [-0.4, -0.2) is 52.9 Å². The fourth-order valence-electron chi connectivity index (χ4n) is 3.07. The lowest BCUT2D eigenvalue weighted by atomic mass is 10.1. The predicted octanol–water partition coefficient (Wildman–Crippen LogP) is 3.30. The highest BCUT2D eigenvalue weighted by atomic mass is 32.2. The minimum atomic E-state index is 0.215. The summed E-state index contributed by atoms with van der Waals surface area (Å²) in [6.07, 6.45) is 5.37. The van der Waals surface area contributed by atoms with Gasteiger partial charge in [-0.05, 0) is 24.8 Å². The average molecular weight is 359 g/mol. The number of nitrogens with zero attached hydrogens (tertiary/aromatic N) is 3. The van der Waals surface area contributed by atoms with Crippen LogP contribution >= 0.6 is 11.8 Å². The molecule has 1 aliphatic rings. The fourth-order valence-corrected chi connectivity index (χ4v) is 3.98. The first-order chi connectivity index (χ1) is 12.3. The summed E-state index contributed by atoms with van der Waals surface area (Å²) >= 11 is 1.52. The van der Waals surface area contributed by atoms with Crippen molar-refractivity contribution in [1.82, 2.24) is 14.5 Å². The van der Waals surface area contributed by atoms with Gasteiger partial charge in [0, 0.05) is 26.7 Å². The van der Waals surface area contributed by atoms with Crippen LogP contribution in [-0.2, 0) is 16.1 Å². The van der Waals surface area contributed by atoms with Crippen molar-refractivity contribution in [2.75, 3.05) is 32.6 Å². The van der Waals surface area contributed by atoms with Gasteiger partial charge in [0.15, 0.2) is 5.16 Å². The maximum absolute atomic E-state index is 12.4. The summed E-state index contributed by atoms with van der Waals surface area (Å²) in [5, 5.41) is 0.876. The van der Waals surface area contributed by atoms with Gasteiger partial charge in [0.05, 0.1) is 24.3 Å². The Kier molecular flexibility index (Phi) is 6.53. The zero-order valence-corrected chi connectivity index (χ0v) is 15.5. The molecule has 2 heterocycles. The number of likely N-dealkylation sites (tertiary alicyclic amines) is 1. The monoisotopic (exact) mass is 359 g/mol. The zero-order valence-electron chi connectivity index (χ0n) is 14.7. The number of aromatic nitrogens is 2. The van der Waals surface area contributed by atoms with Gasteiger partial charge in [-0.1, -0.05) is 42.1 Å². The number of hydrogen-bond acceptors (Lipinski definition) is 4. The highest BCUT2D eigenvalue weighted by Gasteiger charge is 2.18. The van der Waals surface area contributed by atoms with E-state index in [0.717, 1.165) is 48.9 Å². The van der Waals surface area contributed by atoms with Crippen molar-refractivity contribution < 1.29 is 9.53 Å². The summed E-state index contributed by atoms with van der Waals surface area (Å²) in [7, 11) is 1.70. The van der Waals surface area contributed by atoms with Crippen molar-refractivity contribution in [1.29, 1.82) is 0 Å². The molecule has 1 fully saturated rings. The van der Waals surface area contributed by atoms with Crippen LogP contribution in [0, 0.1) is 0 Å². The molecule has 0 aliphatic carbocycles. The van der Waals surface area contributed by atoms with E-state index in [1.807, 2.05) is 29.3 Å². The largest absolute Gasteiger partial charge is 0.383 e. The van der Waals surface area contributed by atoms with E-state index in [4.69, 9.17) is 4.74 Å². The lowest BCUT2D eigenvalue weighted by Crippen LogP contribution is -2.36. The second-order valence-corrected chi connectivity index (χ2v) is 7.11. The fraction of sp³-hybridized carbons (Fsp3) is 0.474. The maximum atomic E-state index is 12.4. The van der Waals surface area contributed by atoms with Gasteiger partial charge in [-0.2, -0.15) is 0 Å². The number of hydrogen-bond donors (Lipinski definition) is 0. The number of carbonyl (C=O) groups excluding carboxylic acids is 1. The molecule has 5 nitrogen and oxygen atoms in total. The molecule has 0 N–H and O–H groups in total. The molecular formula is C19H25N3O2S. The van der Waals surface area contributed by atoms with Crippen LogP contribution in [0.15, 0.2) is 41.7 Å². The number of methoxy groups -OCH3 is 1. The van der Waals surface area contributed by atoms with Crippen LogP contribution in [0.1, 0.15) is 19.3 Å². The quantitative estimate of drug-likeness (QED) is 0.712. The van der Waals surface area contributed by atoms with Gasteiger partial charge < -0.3 is 14.2 Å². The first kappa shape index (κ1) is 18.0. The first-order valence-electron chi connectivity index (χ1n) is 8.80. The third-order valence-electron chi connectivity index (χ3n) is 4.44. The molecule has 0 unspecified atom stereocenters. The van der Waals surface area contributed by atoms with Crippen molar-refractivity contribution >= 4 is 17.7 Å². The van der Waals surface area contributed by atoms with Crippen molar-refractivity contribution in [3.05, 3.63) is 36.5 Å². The molecule has 1 aromatic heterocycles. The zero-order chi connectivity index (χ0) is 17.5. The molecule has 0 bridgehead atoms. The Morgan fingerprint density at radius 3 is 2.68 bits per heavy atom. The summed E-state index contributed by atoms with van der Waals surface area (Å²) in [5.41, 5.74) is 2.19. The van der Waals surface area contributed by atoms with E-state index < -0.39 is 0 Å². The van der Waals surface area contributed by atoms with E-state index >= 15 is 0 Å². The van der Waals surface area contributed by atoms with Crippen LogP contribution in [0.25, 0.3) is 11.3 Å². The number of imidazole rings is 1. The Morgan fingerprint density at radius 2 is 1.96 bits per heavy atom. The van der Waals surface area contributed by atoms with Crippen LogP contribution in [0.5, 0.6) is 0 Å². The van der Waals surface area contributed by atoms with Crippen LogP contribution < -0.4 is 0 Å². The molecule has 0 radical (unpaired) electrons. The number of benzene rings is 1.